The van der Waals surface area contributed by atoms with Crippen LogP contribution in [0.1, 0.15) is 58.3 Å². The van der Waals surface area contributed by atoms with E-state index in [0.717, 1.165) is 63.6 Å². The highest BCUT2D eigenvalue weighted by atomic mass is 16.1. The Morgan fingerprint density at radius 2 is 1.86 bits per heavy atom. The van der Waals surface area contributed by atoms with Crippen LogP contribution in [0.5, 0.6) is 0 Å². The van der Waals surface area contributed by atoms with E-state index in [0.29, 0.717) is 12.3 Å². The summed E-state index contributed by atoms with van der Waals surface area (Å²) in [5.41, 5.74) is 0. The fourth-order valence-electron chi connectivity index (χ4n) is 4.39. The Kier molecular flexibility index (Phi) is 8.99. The molecule has 7 nitrogen and oxygen atoms in total. The van der Waals surface area contributed by atoms with Crippen LogP contribution in [0, 0.1) is 5.92 Å². The van der Waals surface area contributed by atoms with Crippen molar-refractivity contribution in [1.29, 1.82) is 0 Å². The molecule has 3 rings (SSSR count). The molecular formula is C22H38N6O. The molecule has 1 amide bonds. The minimum atomic E-state index is 0.216. The maximum atomic E-state index is 12.2. The molecule has 0 aliphatic carbocycles. The van der Waals surface area contributed by atoms with Gasteiger partial charge in [0.25, 0.3) is 0 Å². The SMILES string of the molecule is CCNc1cc(N2CCC(CCC(=O)NCCN3CCCCCC3)CC2)ncn1. The number of hydrogen-bond donors (Lipinski definition) is 2. The fraction of sp³-hybridized carbons (Fsp3) is 0.773. The van der Waals surface area contributed by atoms with Crippen LogP contribution >= 0.6 is 0 Å². The zero-order valence-corrected chi connectivity index (χ0v) is 18.0. The molecule has 162 valence electrons. The van der Waals surface area contributed by atoms with Crippen molar-refractivity contribution in [2.45, 2.75) is 58.3 Å². The van der Waals surface area contributed by atoms with E-state index >= 15 is 0 Å². The van der Waals surface area contributed by atoms with Gasteiger partial charge in [-0.25, -0.2) is 9.97 Å². The maximum absolute atomic E-state index is 12.2. The maximum Gasteiger partial charge on any atom is 0.220 e. The van der Waals surface area contributed by atoms with Crippen molar-refractivity contribution >= 4 is 17.5 Å². The Morgan fingerprint density at radius 1 is 1.10 bits per heavy atom. The quantitative estimate of drug-likeness (QED) is 0.662. The second-order valence-electron chi connectivity index (χ2n) is 8.37. The lowest BCUT2D eigenvalue weighted by atomic mass is 9.92. The van der Waals surface area contributed by atoms with E-state index in [9.17, 15) is 4.79 Å². The van der Waals surface area contributed by atoms with Crippen LogP contribution in [0.3, 0.4) is 0 Å². The van der Waals surface area contributed by atoms with Crippen LogP contribution in [0.2, 0.25) is 0 Å². The first kappa shape index (κ1) is 21.8. The van der Waals surface area contributed by atoms with Crippen molar-refractivity contribution in [3.05, 3.63) is 12.4 Å². The van der Waals surface area contributed by atoms with Crippen LogP contribution in [0.15, 0.2) is 12.4 Å². The lowest BCUT2D eigenvalue weighted by molar-refractivity contribution is -0.121. The van der Waals surface area contributed by atoms with Crippen LogP contribution in [-0.4, -0.2) is 66.6 Å². The van der Waals surface area contributed by atoms with Gasteiger partial charge in [-0.05, 0) is 58.0 Å². The third kappa shape index (κ3) is 7.46. The highest BCUT2D eigenvalue weighted by Gasteiger charge is 2.21. The smallest absolute Gasteiger partial charge is 0.220 e. The number of nitrogens with one attached hydrogen (secondary N) is 2. The second kappa shape index (κ2) is 12.0. The first-order chi connectivity index (χ1) is 14.2. The molecule has 2 aliphatic heterocycles. The highest BCUT2D eigenvalue weighted by Crippen LogP contribution is 2.25. The largest absolute Gasteiger partial charge is 0.370 e. The standard InChI is InChI=1S/C22H38N6O/c1-2-23-20-17-21(26-18-25-20)28-14-9-19(10-15-28)7-8-22(29)24-11-16-27-12-5-3-4-6-13-27/h17-19H,2-16H2,1H3,(H,24,29)(H,23,25,26). The van der Waals surface area contributed by atoms with E-state index in [2.05, 4.69) is 37.3 Å². The number of piperidine rings is 1. The zero-order valence-electron chi connectivity index (χ0n) is 18.0. The van der Waals surface area contributed by atoms with Gasteiger partial charge in [0.05, 0.1) is 0 Å². The summed E-state index contributed by atoms with van der Waals surface area (Å²) in [7, 11) is 0. The topological polar surface area (TPSA) is 73.4 Å². The molecule has 29 heavy (non-hydrogen) atoms. The molecule has 0 saturated carbocycles. The third-order valence-electron chi connectivity index (χ3n) is 6.18. The highest BCUT2D eigenvalue weighted by molar-refractivity contribution is 5.75. The molecular weight excluding hydrogens is 364 g/mol. The first-order valence-electron chi connectivity index (χ1n) is 11.5. The van der Waals surface area contributed by atoms with Gasteiger partial charge in [0.2, 0.25) is 5.91 Å². The zero-order chi connectivity index (χ0) is 20.3. The summed E-state index contributed by atoms with van der Waals surface area (Å²) in [6.45, 7) is 9.11. The number of hydrogen-bond acceptors (Lipinski definition) is 6. The number of rotatable bonds is 9. The van der Waals surface area contributed by atoms with E-state index < -0.39 is 0 Å². The van der Waals surface area contributed by atoms with E-state index in [1.807, 2.05) is 6.07 Å². The monoisotopic (exact) mass is 402 g/mol. The van der Waals surface area contributed by atoms with Crippen molar-refractivity contribution in [1.82, 2.24) is 20.2 Å². The molecule has 0 aromatic carbocycles. The third-order valence-corrected chi connectivity index (χ3v) is 6.18. The Balaban J connectivity index is 1.30. The van der Waals surface area contributed by atoms with Crippen molar-refractivity contribution in [2.75, 3.05) is 56.0 Å². The number of anilines is 2. The predicted octanol–water partition coefficient (Wildman–Crippen LogP) is 2.90. The van der Waals surface area contributed by atoms with Crippen molar-refractivity contribution in [3.63, 3.8) is 0 Å². The number of nitrogens with zero attached hydrogens (tertiary/aromatic N) is 4. The number of likely N-dealkylation sites (tertiary alicyclic amines) is 1. The van der Waals surface area contributed by atoms with Crippen LogP contribution in [0.4, 0.5) is 11.6 Å². The van der Waals surface area contributed by atoms with Crippen molar-refractivity contribution in [2.24, 2.45) is 5.92 Å². The van der Waals surface area contributed by atoms with Crippen molar-refractivity contribution < 1.29 is 4.79 Å². The summed E-state index contributed by atoms with van der Waals surface area (Å²) in [5, 5.41) is 6.37. The van der Waals surface area contributed by atoms with Gasteiger partial charge in [0.1, 0.15) is 18.0 Å². The van der Waals surface area contributed by atoms with Gasteiger partial charge in [0.15, 0.2) is 0 Å². The normalized spacial score (nSPS) is 19.0. The summed E-state index contributed by atoms with van der Waals surface area (Å²) in [6.07, 6.45) is 10.9. The van der Waals surface area contributed by atoms with Gasteiger partial charge >= 0.3 is 0 Å². The first-order valence-corrected chi connectivity index (χ1v) is 11.5. The minimum absolute atomic E-state index is 0.216. The van der Waals surface area contributed by atoms with E-state index in [1.54, 1.807) is 6.33 Å². The average molecular weight is 403 g/mol. The molecule has 0 atom stereocenters. The molecule has 2 saturated heterocycles. The molecule has 7 heteroatoms. The minimum Gasteiger partial charge on any atom is -0.370 e. The van der Waals surface area contributed by atoms with Gasteiger partial charge < -0.3 is 20.4 Å². The predicted molar refractivity (Wildman–Crippen MR) is 118 cm³/mol. The lowest BCUT2D eigenvalue weighted by Crippen LogP contribution is -2.36. The summed E-state index contributed by atoms with van der Waals surface area (Å²) in [4.78, 5) is 25.7. The van der Waals surface area contributed by atoms with E-state index in [-0.39, 0.29) is 5.91 Å². The van der Waals surface area contributed by atoms with E-state index in [4.69, 9.17) is 0 Å². The van der Waals surface area contributed by atoms with Crippen LogP contribution < -0.4 is 15.5 Å². The van der Waals surface area contributed by atoms with Crippen LogP contribution in [0.25, 0.3) is 0 Å². The number of aromatic nitrogens is 2. The summed E-state index contributed by atoms with van der Waals surface area (Å²) >= 11 is 0. The van der Waals surface area contributed by atoms with Gasteiger partial charge in [-0.1, -0.05) is 12.8 Å². The Labute approximate surface area is 175 Å². The molecule has 0 bridgehead atoms. The number of carbonyl (C=O) groups is 1. The lowest BCUT2D eigenvalue weighted by Gasteiger charge is -2.32. The van der Waals surface area contributed by atoms with Crippen LogP contribution in [-0.2, 0) is 4.79 Å². The van der Waals surface area contributed by atoms with E-state index in [1.165, 1.54) is 38.8 Å². The summed E-state index contributed by atoms with van der Waals surface area (Å²) in [6, 6.07) is 2.03. The molecule has 0 spiro atoms. The summed E-state index contributed by atoms with van der Waals surface area (Å²) in [5.74, 6) is 2.74. The molecule has 2 N–H and O–H groups in total. The summed E-state index contributed by atoms with van der Waals surface area (Å²) < 4.78 is 0. The Morgan fingerprint density at radius 3 is 2.59 bits per heavy atom. The molecule has 1 aromatic heterocycles. The van der Waals surface area contributed by atoms with Crippen molar-refractivity contribution in [3.8, 4) is 0 Å². The number of amides is 1. The average Bonchev–Trinajstić information content (AvgIpc) is 3.02. The van der Waals surface area contributed by atoms with Gasteiger partial charge in [-0.3, -0.25) is 4.79 Å². The molecule has 2 fully saturated rings. The van der Waals surface area contributed by atoms with Gasteiger partial charge in [-0.2, -0.15) is 0 Å². The molecule has 0 unspecified atom stereocenters. The Hall–Kier alpha value is -1.89. The molecule has 0 radical (unpaired) electrons. The molecule has 3 heterocycles. The molecule has 1 aromatic rings. The second-order valence-corrected chi connectivity index (χ2v) is 8.37. The Bertz CT molecular complexity index is 609. The fourth-order valence-corrected chi connectivity index (χ4v) is 4.39. The number of carbonyl (C=O) groups excluding carboxylic acids is 1. The van der Waals surface area contributed by atoms with Gasteiger partial charge in [0, 0.05) is 45.2 Å². The van der Waals surface area contributed by atoms with Gasteiger partial charge in [-0.15, -0.1) is 0 Å². The molecule has 2 aliphatic rings.